The summed E-state index contributed by atoms with van der Waals surface area (Å²) in [6, 6.07) is 0.969. The van der Waals surface area contributed by atoms with Gasteiger partial charge in [-0.2, -0.15) is 0 Å². The normalized spacial score (nSPS) is 37.7. The third kappa shape index (κ3) is 2.29. The molecule has 1 heterocycles. The van der Waals surface area contributed by atoms with E-state index in [1.54, 1.807) is 0 Å². The summed E-state index contributed by atoms with van der Waals surface area (Å²) >= 11 is 0. The molecular weight excluding hydrogens is 172 g/mol. The van der Waals surface area contributed by atoms with Gasteiger partial charge in [0.2, 0.25) is 0 Å². The lowest BCUT2D eigenvalue weighted by Crippen LogP contribution is -2.27. The monoisotopic (exact) mass is 196 g/mol. The van der Waals surface area contributed by atoms with Gasteiger partial charge in [-0.1, -0.05) is 13.3 Å². The lowest BCUT2D eigenvalue weighted by molar-refractivity contribution is 0.295. The molecular formula is C12H24N2. The average molecular weight is 196 g/mol. The highest BCUT2D eigenvalue weighted by molar-refractivity contribution is 4.97. The average Bonchev–Trinajstić information content (AvgIpc) is 2.77. The second-order valence-corrected chi connectivity index (χ2v) is 5.06. The third-order valence-electron chi connectivity index (χ3n) is 3.82. The molecule has 1 saturated carbocycles. The fourth-order valence-electron chi connectivity index (χ4n) is 2.98. The SMILES string of the molecule is CCCC1CC1N1CCC(CNC)C1. The predicted molar refractivity (Wildman–Crippen MR) is 60.4 cm³/mol. The van der Waals surface area contributed by atoms with E-state index in [-0.39, 0.29) is 0 Å². The van der Waals surface area contributed by atoms with Crippen molar-refractivity contribution in [1.29, 1.82) is 0 Å². The number of nitrogens with one attached hydrogen (secondary N) is 1. The zero-order valence-electron chi connectivity index (χ0n) is 9.63. The maximum atomic E-state index is 3.30. The van der Waals surface area contributed by atoms with Crippen LogP contribution in [0.25, 0.3) is 0 Å². The summed E-state index contributed by atoms with van der Waals surface area (Å²) in [6.07, 6.45) is 5.73. The second-order valence-electron chi connectivity index (χ2n) is 5.06. The van der Waals surface area contributed by atoms with Crippen molar-refractivity contribution in [2.75, 3.05) is 26.7 Å². The van der Waals surface area contributed by atoms with E-state index < -0.39 is 0 Å². The van der Waals surface area contributed by atoms with E-state index in [0.717, 1.165) is 17.9 Å². The first-order chi connectivity index (χ1) is 6.85. The molecule has 1 saturated heterocycles. The lowest BCUT2D eigenvalue weighted by atomic mass is 10.1. The van der Waals surface area contributed by atoms with Crippen molar-refractivity contribution in [3.05, 3.63) is 0 Å². The van der Waals surface area contributed by atoms with Crippen LogP contribution in [0.5, 0.6) is 0 Å². The first-order valence-electron chi connectivity index (χ1n) is 6.23. The van der Waals surface area contributed by atoms with Gasteiger partial charge in [-0.15, -0.1) is 0 Å². The van der Waals surface area contributed by atoms with Crippen LogP contribution in [0, 0.1) is 11.8 Å². The van der Waals surface area contributed by atoms with E-state index in [4.69, 9.17) is 0 Å². The standard InChI is InChI=1S/C12H24N2/c1-3-4-11-7-12(11)14-6-5-10(9-14)8-13-2/h10-13H,3-9H2,1-2H3. The molecule has 1 aliphatic carbocycles. The Hall–Kier alpha value is -0.0800. The van der Waals surface area contributed by atoms with Crippen molar-refractivity contribution in [2.24, 2.45) is 11.8 Å². The van der Waals surface area contributed by atoms with Crippen LogP contribution in [-0.2, 0) is 0 Å². The van der Waals surface area contributed by atoms with Crippen molar-refractivity contribution < 1.29 is 0 Å². The van der Waals surface area contributed by atoms with E-state index >= 15 is 0 Å². The van der Waals surface area contributed by atoms with Crippen LogP contribution in [-0.4, -0.2) is 37.6 Å². The smallest absolute Gasteiger partial charge is 0.0127 e. The minimum atomic E-state index is 0.919. The Bertz CT molecular complexity index is 181. The van der Waals surface area contributed by atoms with Crippen molar-refractivity contribution in [2.45, 2.75) is 38.6 Å². The minimum Gasteiger partial charge on any atom is -0.319 e. The molecule has 0 spiro atoms. The molecule has 0 aromatic rings. The molecule has 0 aromatic heterocycles. The maximum Gasteiger partial charge on any atom is 0.0127 e. The van der Waals surface area contributed by atoms with Gasteiger partial charge in [-0.3, -0.25) is 4.90 Å². The summed E-state index contributed by atoms with van der Waals surface area (Å²) < 4.78 is 0. The molecule has 82 valence electrons. The molecule has 2 fully saturated rings. The van der Waals surface area contributed by atoms with Gasteiger partial charge in [0.15, 0.2) is 0 Å². The third-order valence-corrected chi connectivity index (χ3v) is 3.82. The van der Waals surface area contributed by atoms with Crippen LogP contribution >= 0.6 is 0 Å². The topological polar surface area (TPSA) is 15.3 Å². The van der Waals surface area contributed by atoms with Crippen LogP contribution in [0.2, 0.25) is 0 Å². The zero-order valence-corrected chi connectivity index (χ0v) is 9.63. The highest BCUT2D eigenvalue weighted by atomic mass is 15.2. The minimum absolute atomic E-state index is 0.919. The van der Waals surface area contributed by atoms with Gasteiger partial charge in [-0.25, -0.2) is 0 Å². The quantitative estimate of drug-likeness (QED) is 0.720. The molecule has 1 aliphatic heterocycles. The molecule has 0 bridgehead atoms. The Morgan fingerprint density at radius 3 is 3.00 bits per heavy atom. The van der Waals surface area contributed by atoms with Gasteiger partial charge in [0, 0.05) is 12.6 Å². The van der Waals surface area contributed by atoms with Crippen LogP contribution < -0.4 is 5.32 Å². The van der Waals surface area contributed by atoms with Crippen LogP contribution in [0.15, 0.2) is 0 Å². The molecule has 2 rings (SSSR count). The van der Waals surface area contributed by atoms with E-state index in [0.29, 0.717) is 0 Å². The van der Waals surface area contributed by atoms with Gasteiger partial charge in [-0.05, 0) is 51.2 Å². The van der Waals surface area contributed by atoms with E-state index in [9.17, 15) is 0 Å². The van der Waals surface area contributed by atoms with Gasteiger partial charge in [0.05, 0.1) is 0 Å². The van der Waals surface area contributed by atoms with Gasteiger partial charge in [0.25, 0.3) is 0 Å². The Kier molecular flexibility index (Phi) is 3.45. The van der Waals surface area contributed by atoms with Gasteiger partial charge >= 0.3 is 0 Å². The maximum absolute atomic E-state index is 3.30. The Morgan fingerprint density at radius 2 is 2.29 bits per heavy atom. The fourth-order valence-corrected chi connectivity index (χ4v) is 2.98. The van der Waals surface area contributed by atoms with Crippen LogP contribution in [0.3, 0.4) is 0 Å². The molecule has 0 aromatic carbocycles. The lowest BCUT2D eigenvalue weighted by Gasteiger charge is -2.15. The molecule has 1 N–H and O–H groups in total. The number of likely N-dealkylation sites (tertiary alicyclic amines) is 1. The summed E-state index contributed by atoms with van der Waals surface area (Å²) in [5.41, 5.74) is 0. The number of rotatable bonds is 5. The zero-order chi connectivity index (χ0) is 9.97. The Balaban J connectivity index is 1.69. The van der Waals surface area contributed by atoms with Crippen molar-refractivity contribution in [3.8, 4) is 0 Å². The molecule has 2 aliphatic rings. The second kappa shape index (κ2) is 4.63. The molecule has 0 radical (unpaired) electrons. The van der Waals surface area contributed by atoms with Crippen molar-refractivity contribution in [1.82, 2.24) is 10.2 Å². The molecule has 3 atom stereocenters. The van der Waals surface area contributed by atoms with Crippen LogP contribution in [0.1, 0.15) is 32.6 Å². The molecule has 2 heteroatoms. The number of nitrogens with zero attached hydrogens (tertiary/aromatic N) is 1. The van der Waals surface area contributed by atoms with Crippen molar-refractivity contribution in [3.63, 3.8) is 0 Å². The first kappa shape index (κ1) is 10.4. The molecule has 3 unspecified atom stereocenters. The summed E-state index contributed by atoms with van der Waals surface area (Å²) in [7, 11) is 2.07. The largest absolute Gasteiger partial charge is 0.319 e. The number of hydrogen-bond donors (Lipinski definition) is 1. The summed E-state index contributed by atoms with van der Waals surface area (Å²) in [6.45, 7) is 6.23. The van der Waals surface area contributed by atoms with Gasteiger partial charge in [0.1, 0.15) is 0 Å². The number of hydrogen-bond acceptors (Lipinski definition) is 2. The first-order valence-corrected chi connectivity index (χ1v) is 6.23. The van der Waals surface area contributed by atoms with E-state index in [2.05, 4.69) is 24.2 Å². The Morgan fingerprint density at radius 1 is 1.43 bits per heavy atom. The highest BCUT2D eigenvalue weighted by Crippen LogP contribution is 2.41. The summed E-state index contributed by atoms with van der Waals surface area (Å²) in [5, 5.41) is 3.30. The summed E-state index contributed by atoms with van der Waals surface area (Å²) in [5.74, 6) is 1.97. The summed E-state index contributed by atoms with van der Waals surface area (Å²) in [4.78, 5) is 2.74. The van der Waals surface area contributed by atoms with Gasteiger partial charge < -0.3 is 5.32 Å². The molecule has 0 amide bonds. The predicted octanol–water partition coefficient (Wildman–Crippen LogP) is 1.72. The molecule has 14 heavy (non-hydrogen) atoms. The molecule has 2 nitrogen and oxygen atoms in total. The van der Waals surface area contributed by atoms with Crippen LogP contribution in [0.4, 0.5) is 0 Å². The highest BCUT2D eigenvalue weighted by Gasteiger charge is 2.42. The Labute approximate surface area is 88.1 Å². The fraction of sp³-hybridized carbons (Fsp3) is 1.00. The van der Waals surface area contributed by atoms with E-state index in [1.165, 1.54) is 45.3 Å². The van der Waals surface area contributed by atoms with E-state index in [1.807, 2.05) is 0 Å². The van der Waals surface area contributed by atoms with Crippen molar-refractivity contribution >= 4 is 0 Å².